The van der Waals surface area contributed by atoms with Gasteiger partial charge < -0.3 is 9.84 Å². The second-order valence-corrected chi connectivity index (χ2v) is 2.52. The topological polar surface area (TPSA) is 99.4 Å². The number of methoxy groups -OCH3 is 1. The van der Waals surface area contributed by atoms with E-state index in [0.717, 1.165) is 4.73 Å². The molecule has 0 spiro atoms. The van der Waals surface area contributed by atoms with Gasteiger partial charge in [0, 0.05) is 0 Å². The number of aromatic hydroxyl groups is 1. The maximum absolute atomic E-state index is 10.8. The molecule has 0 radical (unpaired) electrons. The molecule has 0 aliphatic carbocycles. The Morgan fingerprint density at radius 1 is 1.60 bits per heavy atom. The molecule has 0 aliphatic heterocycles. The van der Waals surface area contributed by atoms with Gasteiger partial charge in [0.25, 0.3) is 5.88 Å². The Kier molecular flexibility index (Phi) is 2.08. The Labute approximate surface area is 83.0 Å². The van der Waals surface area contributed by atoms with Gasteiger partial charge in [-0.05, 0) is 0 Å². The van der Waals surface area contributed by atoms with Gasteiger partial charge in [0.05, 0.1) is 13.3 Å². The van der Waals surface area contributed by atoms with E-state index in [4.69, 9.17) is 0 Å². The van der Waals surface area contributed by atoms with Crippen molar-refractivity contribution in [3.63, 3.8) is 0 Å². The first-order valence-electron chi connectivity index (χ1n) is 3.86. The number of hydrogen-bond acceptors (Lipinski definition) is 7. The summed E-state index contributed by atoms with van der Waals surface area (Å²) in [5.41, 5.74) is 0.502. The SMILES string of the molecule is COC(=O)On1cnc2cnnc(O)c21. The fraction of sp³-hybridized carbons (Fsp3) is 0.143. The van der Waals surface area contributed by atoms with Crippen molar-refractivity contribution in [3.8, 4) is 5.88 Å². The molecular weight excluding hydrogens is 204 g/mol. The van der Waals surface area contributed by atoms with Crippen molar-refractivity contribution in [1.29, 1.82) is 0 Å². The van der Waals surface area contributed by atoms with E-state index < -0.39 is 6.16 Å². The lowest BCUT2D eigenvalue weighted by Crippen LogP contribution is -2.18. The van der Waals surface area contributed by atoms with Crippen molar-refractivity contribution in [3.05, 3.63) is 12.5 Å². The number of rotatable bonds is 1. The molecule has 15 heavy (non-hydrogen) atoms. The van der Waals surface area contributed by atoms with Gasteiger partial charge in [0.15, 0.2) is 5.52 Å². The van der Waals surface area contributed by atoms with Gasteiger partial charge in [0.2, 0.25) is 0 Å². The van der Waals surface area contributed by atoms with E-state index in [-0.39, 0.29) is 11.4 Å². The zero-order valence-electron chi connectivity index (χ0n) is 7.62. The van der Waals surface area contributed by atoms with Crippen molar-refractivity contribution < 1.29 is 19.5 Å². The molecule has 0 atom stereocenters. The van der Waals surface area contributed by atoms with Crippen molar-refractivity contribution in [2.45, 2.75) is 0 Å². The lowest BCUT2D eigenvalue weighted by molar-refractivity contribution is 0.0673. The first-order chi connectivity index (χ1) is 7.22. The zero-order chi connectivity index (χ0) is 10.8. The van der Waals surface area contributed by atoms with Gasteiger partial charge in [-0.25, -0.2) is 9.78 Å². The first kappa shape index (κ1) is 9.19. The standard InChI is InChI=1S/C7H6N4O4/c1-14-7(13)15-11-3-8-4-2-9-10-6(12)5(4)11/h2-3H,1H3,(H,10,12). The van der Waals surface area contributed by atoms with Crippen LogP contribution in [0.1, 0.15) is 0 Å². The summed E-state index contributed by atoms with van der Waals surface area (Å²) in [6.07, 6.45) is 1.60. The highest BCUT2D eigenvalue weighted by Gasteiger charge is 2.13. The summed E-state index contributed by atoms with van der Waals surface area (Å²) in [5.74, 6) is -0.381. The molecule has 8 nitrogen and oxygen atoms in total. The van der Waals surface area contributed by atoms with Crippen LogP contribution in [-0.4, -0.2) is 38.3 Å². The highest BCUT2D eigenvalue weighted by molar-refractivity contribution is 5.78. The molecule has 2 rings (SSSR count). The molecular formula is C7H6N4O4. The molecule has 2 heterocycles. The number of carbonyl (C=O) groups excluding carboxylic acids is 1. The number of aromatic nitrogens is 4. The van der Waals surface area contributed by atoms with Crippen LogP contribution in [0.2, 0.25) is 0 Å². The lowest BCUT2D eigenvalue weighted by Gasteiger charge is -2.02. The smallest absolute Gasteiger partial charge is 0.491 e. The third-order valence-corrected chi connectivity index (χ3v) is 1.65. The van der Waals surface area contributed by atoms with Gasteiger partial charge >= 0.3 is 6.16 Å². The molecule has 2 aromatic rings. The van der Waals surface area contributed by atoms with Crippen molar-refractivity contribution >= 4 is 17.2 Å². The zero-order valence-corrected chi connectivity index (χ0v) is 7.62. The molecule has 0 aromatic carbocycles. The van der Waals surface area contributed by atoms with E-state index in [1.54, 1.807) is 0 Å². The normalized spacial score (nSPS) is 10.2. The fourth-order valence-electron chi connectivity index (χ4n) is 1.03. The highest BCUT2D eigenvalue weighted by atomic mass is 16.8. The van der Waals surface area contributed by atoms with Gasteiger partial charge in [-0.2, -0.15) is 9.83 Å². The molecule has 0 aliphatic rings. The third-order valence-electron chi connectivity index (χ3n) is 1.65. The number of carbonyl (C=O) groups is 1. The molecule has 2 aromatic heterocycles. The predicted octanol–water partition coefficient (Wildman–Crippen LogP) is -0.273. The van der Waals surface area contributed by atoms with E-state index in [1.807, 2.05) is 0 Å². The minimum atomic E-state index is -0.925. The van der Waals surface area contributed by atoms with Crippen LogP contribution in [0.3, 0.4) is 0 Å². The summed E-state index contributed by atoms with van der Waals surface area (Å²) in [4.78, 5) is 19.3. The third kappa shape index (κ3) is 1.52. The summed E-state index contributed by atoms with van der Waals surface area (Å²) in [6.45, 7) is 0. The Hall–Kier alpha value is -2.38. The average molecular weight is 210 g/mol. The van der Waals surface area contributed by atoms with Crippen LogP contribution in [0.15, 0.2) is 12.5 Å². The minimum Gasteiger partial charge on any atom is -0.491 e. The van der Waals surface area contributed by atoms with Crippen LogP contribution in [0.4, 0.5) is 4.79 Å². The quantitative estimate of drug-likeness (QED) is 0.646. The molecule has 0 unspecified atom stereocenters. The second kappa shape index (κ2) is 3.40. The van der Waals surface area contributed by atoms with Gasteiger partial charge in [-0.1, -0.05) is 0 Å². The van der Waals surface area contributed by atoms with Crippen molar-refractivity contribution in [1.82, 2.24) is 19.9 Å². The van der Waals surface area contributed by atoms with E-state index in [1.165, 1.54) is 19.6 Å². The van der Waals surface area contributed by atoms with Crippen LogP contribution < -0.4 is 4.84 Å². The summed E-state index contributed by atoms with van der Waals surface area (Å²) >= 11 is 0. The predicted molar refractivity (Wildman–Crippen MR) is 46.0 cm³/mol. The van der Waals surface area contributed by atoms with Crippen molar-refractivity contribution in [2.24, 2.45) is 0 Å². The maximum Gasteiger partial charge on any atom is 0.533 e. The van der Waals surface area contributed by atoms with Crippen LogP contribution in [0, 0.1) is 0 Å². The highest BCUT2D eigenvalue weighted by Crippen LogP contribution is 2.18. The summed E-state index contributed by atoms with van der Waals surface area (Å²) < 4.78 is 5.23. The van der Waals surface area contributed by atoms with Gasteiger partial charge in [-0.3, -0.25) is 4.84 Å². The molecule has 8 heteroatoms. The Balaban J connectivity index is 2.48. The summed E-state index contributed by atoms with van der Waals surface area (Å²) in [6, 6.07) is 0. The largest absolute Gasteiger partial charge is 0.533 e. The molecule has 0 saturated heterocycles. The molecule has 0 bridgehead atoms. The van der Waals surface area contributed by atoms with Crippen LogP contribution in [-0.2, 0) is 4.74 Å². The molecule has 1 N–H and O–H groups in total. The number of imidazole rings is 1. The summed E-state index contributed by atoms with van der Waals surface area (Å²) in [7, 11) is 1.17. The van der Waals surface area contributed by atoms with E-state index in [9.17, 15) is 9.90 Å². The van der Waals surface area contributed by atoms with Crippen LogP contribution >= 0.6 is 0 Å². The van der Waals surface area contributed by atoms with Gasteiger partial charge in [-0.15, -0.1) is 5.10 Å². The molecule has 0 amide bonds. The van der Waals surface area contributed by atoms with E-state index in [2.05, 4.69) is 24.8 Å². The first-order valence-corrected chi connectivity index (χ1v) is 3.86. The number of hydrogen-bond donors (Lipinski definition) is 1. The maximum atomic E-state index is 10.8. The Bertz CT molecular complexity index is 509. The molecule has 78 valence electrons. The van der Waals surface area contributed by atoms with Crippen LogP contribution in [0.5, 0.6) is 5.88 Å². The second-order valence-electron chi connectivity index (χ2n) is 2.52. The molecule has 0 fully saturated rings. The molecule has 0 saturated carbocycles. The van der Waals surface area contributed by atoms with Crippen LogP contribution in [0.25, 0.3) is 11.0 Å². The number of ether oxygens (including phenoxy) is 1. The average Bonchev–Trinajstić information content (AvgIpc) is 2.63. The van der Waals surface area contributed by atoms with E-state index in [0.29, 0.717) is 5.52 Å². The summed E-state index contributed by atoms with van der Waals surface area (Å²) in [5, 5.41) is 16.2. The lowest BCUT2D eigenvalue weighted by atomic mass is 10.5. The number of fused-ring (bicyclic) bond motifs is 1. The van der Waals surface area contributed by atoms with E-state index >= 15 is 0 Å². The van der Waals surface area contributed by atoms with Gasteiger partial charge in [0.1, 0.15) is 11.8 Å². The monoisotopic (exact) mass is 210 g/mol. The number of nitrogens with zero attached hydrogens (tertiary/aromatic N) is 4. The minimum absolute atomic E-state index is 0.149. The Morgan fingerprint density at radius 2 is 2.40 bits per heavy atom. The Morgan fingerprint density at radius 3 is 3.13 bits per heavy atom. The van der Waals surface area contributed by atoms with Crippen molar-refractivity contribution in [2.75, 3.05) is 7.11 Å². The fourth-order valence-corrected chi connectivity index (χ4v) is 1.03.